The minimum atomic E-state index is -0.773. The van der Waals surface area contributed by atoms with E-state index in [2.05, 4.69) is 20.6 Å². The molecule has 0 bridgehead atoms. The smallest absolute Gasteiger partial charge is 0.234 e. The Labute approximate surface area is 146 Å². The molecule has 10 heteroatoms. The molecule has 0 saturated heterocycles. The summed E-state index contributed by atoms with van der Waals surface area (Å²) in [7, 11) is 0. The third-order valence-corrected chi connectivity index (χ3v) is 0.537. The molecule has 0 aliphatic carbocycles. The van der Waals surface area contributed by atoms with E-state index in [0.717, 1.165) is 0 Å². The summed E-state index contributed by atoms with van der Waals surface area (Å²) in [5.74, 6) is -0.153. The van der Waals surface area contributed by atoms with Crippen LogP contribution in [-0.4, -0.2) is 128 Å². The third kappa shape index (κ3) is 6.68. The van der Waals surface area contributed by atoms with E-state index in [4.69, 9.17) is 0 Å². The van der Waals surface area contributed by atoms with Gasteiger partial charge in [0.15, 0.2) is 5.03 Å². The number of nitrogens with one attached hydrogen (secondary N) is 2. The van der Waals surface area contributed by atoms with Crippen LogP contribution in [0.4, 0.5) is 5.95 Å². The van der Waals surface area contributed by atoms with Crippen molar-refractivity contribution in [3.8, 4) is 0 Å². The Morgan fingerprint density at radius 1 is 1.55 bits per heavy atom. The number of H-pyrrole nitrogens is 1. The molecule has 0 aliphatic rings. The Hall–Kier alpha value is 1.54. The number of rotatable bonds is 2. The van der Waals surface area contributed by atoms with Crippen LogP contribution in [0, 0.1) is 10.1 Å². The minimum absolute atomic E-state index is 0. The van der Waals surface area contributed by atoms with Crippen LogP contribution in [0.15, 0.2) is 0 Å². The average Bonchev–Trinajstić information content (AvgIpc) is 2.15. The monoisotopic (exact) mass is 208 g/mol. The minimum Gasteiger partial charge on any atom is -0.234 e. The van der Waals surface area contributed by atoms with Crippen LogP contribution >= 0.6 is 0 Å². The number of aromatic nitrogens is 4. The number of anilines is 1. The molecule has 0 spiro atoms. The van der Waals surface area contributed by atoms with E-state index in [1.807, 2.05) is 0 Å². The van der Waals surface area contributed by atoms with Crippen molar-refractivity contribution in [3.05, 3.63) is 10.1 Å². The van der Waals surface area contributed by atoms with Gasteiger partial charge in [0, 0.05) is 103 Å². The summed E-state index contributed by atoms with van der Waals surface area (Å²) >= 11 is 0. The van der Waals surface area contributed by atoms with Crippen LogP contribution in [0.2, 0.25) is 0 Å². The van der Waals surface area contributed by atoms with Crippen molar-refractivity contribution >= 4 is 109 Å². The molecule has 0 aliphatic heterocycles. The van der Waals surface area contributed by atoms with Gasteiger partial charge in [-0.25, -0.2) is 10.1 Å². The summed E-state index contributed by atoms with van der Waals surface area (Å²) in [6.45, 7) is 0. The van der Waals surface area contributed by atoms with E-state index in [1.54, 1.807) is 5.43 Å². The predicted molar refractivity (Wildman–Crippen MR) is 36.3 cm³/mol. The van der Waals surface area contributed by atoms with Gasteiger partial charge in [0.05, 0.1) is 0 Å². The maximum atomic E-state index is 9.64. The van der Waals surface area contributed by atoms with E-state index < -0.39 is 5.03 Å². The van der Waals surface area contributed by atoms with Crippen molar-refractivity contribution in [1.82, 2.24) is 20.6 Å². The molecule has 0 atom stereocenters. The second kappa shape index (κ2) is 8.16. The van der Waals surface area contributed by atoms with E-state index in [0.29, 0.717) is 0 Å². The maximum Gasteiger partial charge on any atom is 0.323 e. The summed E-state index contributed by atoms with van der Waals surface area (Å²) in [6.07, 6.45) is 0. The van der Waals surface area contributed by atoms with E-state index >= 15 is 0 Å². The van der Waals surface area contributed by atoms with Gasteiger partial charge in [-0.1, -0.05) is 10.5 Å². The first-order valence-electron chi connectivity index (χ1n) is 1.93. The first-order valence-corrected chi connectivity index (χ1v) is 1.93. The summed E-state index contributed by atoms with van der Waals surface area (Å²) in [5.41, 5.74) is 1.69. The van der Waals surface area contributed by atoms with Crippen LogP contribution in [0.1, 0.15) is 0 Å². The molecule has 1 heterocycles. The molecule has 1 aromatic heterocycles. The van der Waals surface area contributed by atoms with Crippen LogP contribution in [0.5, 0.6) is 0 Å². The largest absolute Gasteiger partial charge is 0.323 e. The van der Waals surface area contributed by atoms with Crippen molar-refractivity contribution in [1.29, 1.82) is 0 Å². The number of tetrazole rings is 1. The second-order valence-corrected chi connectivity index (χ2v) is 1.10. The molecule has 1 rings (SSSR count). The molecule has 2 radical (unpaired) electrons. The Balaban J connectivity index is 0. The van der Waals surface area contributed by atoms with Gasteiger partial charge >= 0.3 is 5.95 Å². The average molecular weight is 208 g/mol. The number of aromatic amines is 1. The first kappa shape index (κ1) is 15.0. The van der Waals surface area contributed by atoms with Gasteiger partial charge in [0.2, 0.25) is 0 Å². The fourth-order valence-electron chi connectivity index (χ4n) is 0.291. The van der Waals surface area contributed by atoms with E-state index in [-0.39, 0.29) is 109 Å². The van der Waals surface area contributed by atoms with Gasteiger partial charge in [-0.3, -0.25) is 0 Å². The third-order valence-electron chi connectivity index (χ3n) is 0.537. The molecule has 2 N–H and O–H groups in total. The molecular weight excluding hydrogens is 206 g/mol. The van der Waals surface area contributed by atoms with E-state index in [1.165, 1.54) is 0 Å². The number of nitro groups is 1. The molecule has 0 aromatic carbocycles. The second-order valence-electron chi connectivity index (χ2n) is 1.10. The van der Waals surface area contributed by atoms with Crippen LogP contribution in [0.3, 0.4) is 0 Å². The normalized spacial score (nSPS) is 7.27. The van der Waals surface area contributed by atoms with Gasteiger partial charge in [0.25, 0.3) is 0 Å². The molecule has 11 heavy (non-hydrogen) atoms. The molecule has 50 valence electrons. The fourth-order valence-corrected chi connectivity index (χ4v) is 0.291. The summed E-state index contributed by atoms with van der Waals surface area (Å²) in [6, 6.07) is 0. The summed E-state index contributed by atoms with van der Waals surface area (Å²) in [4.78, 5) is 9.64. The van der Waals surface area contributed by atoms with Gasteiger partial charge in [-0.2, -0.15) is 5.21 Å². The first-order chi connectivity index (χ1) is 4.29. The van der Waals surface area contributed by atoms with Crippen LogP contribution in [-0.2, 0) is 0 Å². The van der Waals surface area contributed by atoms with Crippen molar-refractivity contribution < 1.29 is 5.03 Å². The summed E-state index contributed by atoms with van der Waals surface area (Å²) in [5, 5.41) is 20.5. The topological polar surface area (TPSA) is 110 Å². The molecule has 0 fully saturated rings. The molecule has 8 nitrogen and oxygen atoms in total. The van der Waals surface area contributed by atoms with Crippen molar-refractivity contribution in [2.75, 3.05) is 5.43 Å². The number of hydrazine groups is 1. The Bertz CT molecular complexity index is 198. The molecule has 0 unspecified atom stereocenters. The van der Waals surface area contributed by atoms with Gasteiger partial charge in [0.1, 0.15) is 0 Å². The predicted octanol–water partition coefficient (Wildman–Crippen LogP) is -1.96. The number of hydrogen-bond donors (Lipinski definition) is 2. The molecule has 0 saturated carbocycles. The molecule has 1 aromatic rings. The van der Waals surface area contributed by atoms with Crippen molar-refractivity contribution in [2.24, 2.45) is 0 Å². The number of hydrogen-bond acceptors (Lipinski definition) is 5. The van der Waals surface area contributed by atoms with Crippen LogP contribution in [0.25, 0.3) is 0 Å². The SMILES string of the molecule is O=[N+]([O-])Nc1nn[nH]n1.[K].[K]. The van der Waals surface area contributed by atoms with Crippen molar-refractivity contribution in [3.63, 3.8) is 0 Å². The molecule has 0 amide bonds. The van der Waals surface area contributed by atoms with Crippen LogP contribution < -0.4 is 5.43 Å². The summed E-state index contributed by atoms with van der Waals surface area (Å²) < 4.78 is 0. The fraction of sp³-hybridized carbons (Fsp3) is 0. The van der Waals surface area contributed by atoms with Crippen molar-refractivity contribution in [2.45, 2.75) is 0 Å². The Kier molecular flexibility index (Phi) is 11.1. The Morgan fingerprint density at radius 3 is 2.55 bits per heavy atom. The van der Waals surface area contributed by atoms with Gasteiger partial charge < -0.3 is 0 Å². The van der Waals surface area contributed by atoms with Gasteiger partial charge in [-0.05, 0) is 5.21 Å². The zero-order chi connectivity index (χ0) is 6.69. The zero-order valence-electron chi connectivity index (χ0n) is 6.11. The molecular formula is CH2K2N6O2. The standard InChI is InChI=1S/CH2N6O2.2K/c8-7(9)4-1-2-5-6-3-1;;/h(H2,2,3,4,5,6);;. The quantitative estimate of drug-likeness (QED) is 0.332. The van der Waals surface area contributed by atoms with Gasteiger partial charge in [-0.15, -0.1) is 5.10 Å². The Morgan fingerprint density at radius 2 is 2.18 bits per heavy atom. The number of nitrogens with zero attached hydrogens (tertiary/aromatic N) is 4. The van der Waals surface area contributed by atoms with E-state index in [9.17, 15) is 10.1 Å². The maximum absolute atomic E-state index is 9.64. The zero-order valence-corrected chi connectivity index (χ0v) is 12.4.